The molecule has 0 N–H and O–H groups in total. The number of rotatable bonds is 3. The Morgan fingerprint density at radius 1 is 1.00 bits per heavy atom. The van der Waals surface area contributed by atoms with Crippen molar-refractivity contribution in [3.8, 4) is 11.5 Å². The molecule has 2 aliphatic heterocycles. The van der Waals surface area contributed by atoms with Gasteiger partial charge in [-0.25, -0.2) is 4.98 Å². The van der Waals surface area contributed by atoms with Crippen LogP contribution in [0.2, 0.25) is 0 Å². The third-order valence-electron chi connectivity index (χ3n) is 4.94. The van der Waals surface area contributed by atoms with Crippen molar-refractivity contribution in [2.45, 2.75) is 19.9 Å². The maximum Gasteiger partial charge on any atom is 0.231 e. The predicted molar refractivity (Wildman–Crippen MR) is 93.7 cm³/mol. The van der Waals surface area contributed by atoms with Crippen molar-refractivity contribution < 1.29 is 9.47 Å². The summed E-state index contributed by atoms with van der Waals surface area (Å²) in [6.45, 7) is 8.71. The van der Waals surface area contributed by atoms with Gasteiger partial charge in [0, 0.05) is 37.9 Å². The molecule has 0 saturated carbocycles. The molecule has 126 valence electrons. The molecule has 0 spiro atoms. The minimum absolute atomic E-state index is 0.329. The fourth-order valence-electron chi connectivity index (χ4n) is 3.43. The Balaban J connectivity index is 1.42. The van der Waals surface area contributed by atoms with Gasteiger partial charge in [-0.15, -0.1) is 0 Å². The Bertz CT molecular complexity index is 726. The summed E-state index contributed by atoms with van der Waals surface area (Å²) in [6.07, 6.45) is 0. The minimum Gasteiger partial charge on any atom is -0.454 e. The third-order valence-corrected chi connectivity index (χ3v) is 4.94. The van der Waals surface area contributed by atoms with Crippen LogP contribution >= 0.6 is 0 Å². The number of anilines is 1. The van der Waals surface area contributed by atoms with E-state index in [1.54, 1.807) is 0 Å². The molecule has 1 saturated heterocycles. The van der Waals surface area contributed by atoms with Crippen LogP contribution in [0.5, 0.6) is 11.5 Å². The number of fused-ring (bicyclic) bond motifs is 1. The molecule has 1 unspecified atom stereocenters. The maximum atomic E-state index is 5.51. The standard InChI is InChI=1S/C19H23N3O2/c1-14-4-3-5-19(20-14)22-10-8-21(9-11-22)15(2)16-6-7-17-18(12-16)24-13-23-17/h3-7,12,15H,8-11,13H2,1-2H3. The van der Waals surface area contributed by atoms with Crippen LogP contribution in [0.3, 0.4) is 0 Å². The summed E-state index contributed by atoms with van der Waals surface area (Å²) in [5.41, 5.74) is 2.35. The second-order valence-electron chi connectivity index (χ2n) is 6.45. The monoisotopic (exact) mass is 325 g/mol. The zero-order chi connectivity index (χ0) is 16.5. The normalized spacial score (nSPS) is 18.7. The second kappa shape index (κ2) is 6.32. The summed E-state index contributed by atoms with van der Waals surface area (Å²) in [4.78, 5) is 9.53. The number of ether oxygens (including phenoxy) is 2. The molecule has 5 heteroatoms. The zero-order valence-electron chi connectivity index (χ0n) is 14.2. The highest BCUT2D eigenvalue weighted by molar-refractivity contribution is 5.45. The van der Waals surface area contributed by atoms with Crippen molar-refractivity contribution in [1.82, 2.24) is 9.88 Å². The van der Waals surface area contributed by atoms with Crippen molar-refractivity contribution >= 4 is 5.82 Å². The summed E-state index contributed by atoms with van der Waals surface area (Å²) < 4.78 is 10.9. The first-order chi connectivity index (χ1) is 11.7. The van der Waals surface area contributed by atoms with Crippen LogP contribution in [0.4, 0.5) is 5.82 Å². The van der Waals surface area contributed by atoms with E-state index in [9.17, 15) is 0 Å². The zero-order valence-corrected chi connectivity index (χ0v) is 14.2. The first kappa shape index (κ1) is 15.3. The van der Waals surface area contributed by atoms with E-state index in [0.29, 0.717) is 12.8 Å². The van der Waals surface area contributed by atoms with E-state index in [1.807, 2.05) is 19.1 Å². The molecule has 2 aliphatic rings. The van der Waals surface area contributed by atoms with Gasteiger partial charge in [-0.3, -0.25) is 4.90 Å². The maximum absolute atomic E-state index is 5.51. The number of benzene rings is 1. The lowest BCUT2D eigenvalue weighted by Crippen LogP contribution is -2.47. The SMILES string of the molecule is Cc1cccc(N2CCN(C(C)c3ccc4c(c3)OCO4)CC2)n1. The highest BCUT2D eigenvalue weighted by Crippen LogP contribution is 2.35. The first-order valence-electron chi connectivity index (χ1n) is 8.53. The minimum atomic E-state index is 0.329. The molecule has 1 atom stereocenters. The van der Waals surface area contributed by atoms with Gasteiger partial charge in [0.2, 0.25) is 6.79 Å². The summed E-state index contributed by atoms with van der Waals surface area (Å²) in [5, 5.41) is 0. The molecular formula is C19H23N3O2. The third kappa shape index (κ3) is 2.91. The molecule has 1 aromatic carbocycles. The number of aryl methyl sites for hydroxylation is 1. The van der Waals surface area contributed by atoms with Crippen molar-refractivity contribution in [2.24, 2.45) is 0 Å². The van der Waals surface area contributed by atoms with Gasteiger partial charge in [0.1, 0.15) is 5.82 Å². The van der Waals surface area contributed by atoms with Gasteiger partial charge in [-0.05, 0) is 43.7 Å². The van der Waals surface area contributed by atoms with Crippen LogP contribution in [0, 0.1) is 6.92 Å². The van der Waals surface area contributed by atoms with Crippen molar-refractivity contribution in [3.63, 3.8) is 0 Å². The van der Waals surface area contributed by atoms with Gasteiger partial charge >= 0.3 is 0 Å². The Morgan fingerprint density at radius 3 is 2.58 bits per heavy atom. The van der Waals surface area contributed by atoms with E-state index in [4.69, 9.17) is 9.47 Å². The molecule has 0 radical (unpaired) electrons. The number of pyridine rings is 1. The molecular weight excluding hydrogens is 302 g/mol. The van der Waals surface area contributed by atoms with Crippen molar-refractivity contribution in [1.29, 1.82) is 0 Å². The number of hydrogen-bond donors (Lipinski definition) is 0. The lowest BCUT2D eigenvalue weighted by atomic mass is 10.1. The Morgan fingerprint density at radius 2 is 1.79 bits per heavy atom. The Kier molecular flexibility index (Phi) is 4.02. The number of aromatic nitrogens is 1. The van der Waals surface area contributed by atoms with Gasteiger partial charge in [0.05, 0.1) is 0 Å². The molecule has 24 heavy (non-hydrogen) atoms. The first-order valence-corrected chi connectivity index (χ1v) is 8.53. The number of nitrogens with zero attached hydrogens (tertiary/aromatic N) is 3. The lowest BCUT2D eigenvalue weighted by Gasteiger charge is -2.38. The van der Waals surface area contributed by atoms with Gasteiger partial charge in [0.25, 0.3) is 0 Å². The van der Waals surface area contributed by atoms with Crippen LogP contribution in [-0.4, -0.2) is 42.9 Å². The smallest absolute Gasteiger partial charge is 0.231 e. The topological polar surface area (TPSA) is 37.8 Å². The number of piperazine rings is 1. The Labute approximate surface area is 142 Å². The summed E-state index contributed by atoms with van der Waals surface area (Å²) >= 11 is 0. The molecule has 1 fully saturated rings. The van der Waals surface area contributed by atoms with E-state index in [2.05, 4.69) is 46.0 Å². The predicted octanol–water partition coefficient (Wildman–Crippen LogP) is 3.00. The van der Waals surface area contributed by atoms with E-state index in [0.717, 1.165) is 49.2 Å². The second-order valence-corrected chi connectivity index (χ2v) is 6.45. The Hall–Kier alpha value is -2.27. The lowest BCUT2D eigenvalue weighted by molar-refractivity contribution is 0.173. The van der Waals surface area contributed by atoms with Crippen molar-refractivity contribution in [3.05, 3.63) is 47.7 Å². The molecule has 2 aromatic rings. The highest BCUT2D eigenvalue weighted by Gasteiger charge is 2.24. The van der Waals surface area contributed by atoms with Crippen LogP contribution in [0.15, 0.2) is 36.4 Å². The summed E-state index contributed by atoms with van der Waals surface area (Å²) in [5.74, 6) is 2.80. The average molecular weight is 325 g/mol. The molecule has 0 bridgehead atoms. The molecule has 0 aliphatic carbocycles. The quantitative estimate of drug-likeness (QED) is 0.867. The fraction of sp³-hybridized carbons (Fsp3) is 0.421. The van der Waals surface area contributed by atoms with Crippen molar-refractivity contribution in [2.75, 3.05) is 37.9 Å². The largest absolute Gasteiger partial charge is 0.454 e. The highest BCUT2D eigenvalue weighted by atomic mass is 16.7. The van der Waals surface area contributed by atoms with E-state index < -0.39 is 0 Å². The fourth-order valence-corrected chi connectivity index (χ4v) is 3.43. The number of hydrogen-bond acceptors (Lipinski definition) is 5. The van der Waals surface area contributed by atoms with E-state index >= 15 is 0 Å². The molecule has 0 amide bonds. The van der Waals surface area contributed by atoms with Gasteiger partial charge in [0.15, 0.2) is 11.5 Å². The van der Waals surface area contributed by atoms with Crippen LogP contribution in [0.1, 0.15) is 24.2 Å². The van der Waals surface area contributed by atoms with Gasteiger partial charge in [-0.2, -0.15) is 0 Å². The molecule has 4 rings (SSSR count). The molecule has 1 aromatic heterocycles. The van der Waals surface area contributed by atoms with Crippen LogP contribution < -0.4 is 14.4 Å². The molecule has 5 nitrogen and oxygen atoms in total. The summed E-state index contributed by atoms with van der Waals surface area (Å²) in [7, 11) is 0. The van der Waals surface area contributed by atoms with E-state index in [1.165, 1.54) is 5.56 Å². The van der Waals surface area contributed by atoms with Gasteiger partial charge in [-0.1, -0.05) is 12.1 Å². The average Bonchev–Trinajstić information content (AvgIpc) is 3.09. The summed E-state index contributed by atoms with van der Waals surface area (Å²) in [6, 6.07) is 12.9. The van der Waals surface area contributed by atoms with Crippen LogP contribution in [0.25, 0.3) is 0 Å². The molecule has 3 heterocycles. The van der Waals surface area contributed by atoms with Crippen LogP contribution in [-0.2, 0) is 0 Å². The van der Waals surface area contributed by atoms with Gasteiger partial charge < -0.3 is 14.4 Å². The van der Waals surface area contributed by atoms with E-state index in [-0.39, 0.29) is 0 Å².